The van der Waals surface area contributed by atoms with E-state index in [1.165, 1.54) is 5.56 Å². The van der Waals surface area contributed by atoms with E-state index in [1.807, 2.05) is 31.2 Å². The summed E-state index contributed by atoms with van der Waals surface area (Å²) in [6, 6.07) is 11.4. The zero-order valence-corrected chi connectivity index (χ0v) is 11.8. The maximum absolute atomic E-state index is 9.28. The van der Waals surface area contributed by atoms with E-state index < -0.39 is 0 Å². The SMILES string of the molecule is CCOc1ncccc1NC(C)Cc1ccc(O)cc1. The summed E-state index contributed by atoms with van der Waals surface area (Å²) >= 11 is 0. The minimum absolute atomic E-state index is 0.239. The zero-order chi connectivity index (χ0) is 14.4. The molecule has 4 nitrogen and oxygen atoms in total. The third-order valence-electron chi connectivity index (χ3n) is 2.93. The second-order valence-corrected chi connectivity index (χ2v) is 4.71. The molecular formula is C16H20N2O2. The highest BCUT2D eigenvalue weighted by molar-refractivity contribution is 5.52. The highest BCUT2D eigenvalue weighted by Gasteiger charge is 2.08. The first kappa shape index (κ1) is 14.2. The molecule has 106 valence electrons. The Balaban J connectivity index is 2.00. The predicted octanol–water partition coefficient (Wildman–Crippen LogP) is 3.23. The minimum atomic E-state index is 0.239. The van der Waals surface area contributed by atoms with E-state index in [0.717, 1.165) is 12.1 Å². The number of phenols is 1. The lowest BCUT2D eigenvalue weighted by Crippen LogP contribution is -2.18. The first-order chi connectivity index (χ1) is 9.69. The summed E-state index contributed by atoms with van der Waals surface area (Å²) < 4.78 is 5.50. The molecule has 1 atom stereocenters. The van der Waals surface area contributed by atoms with Gasteiger partial charge in [0.05, 0.1) is 12.3 Å². The smallest absolute Gasteiger partial charge is 0.237 e. The van der Waals surface area contributed by atoms with Gasteiger partial charge in [0.2, 0.25) is 5.88 Å². The van der Waals surface area contributed by atoms with Crippen LogP contribution in [0.25, 0.3) is 0 Å². The van der Waals surface area contributed by atoms with E-state index in [-0.39, 0.29) is 6.04 Å². The largest absolute Gasteiger partial charge is 0.508 e. The Morgan fingerprint density at radius 2 is 2.00 bits per heavy atom. The maximum Gasteiger partial charge on any atom is 0.237 e. The lowest BCUT2D eigenvalue weighted by molar-refractivity contribution is 0.328. The van der Waals surface area contributed by atoms with Gasteiger partial charge in [-0.05, 0) is 50.1 Å². The number of phenolic OH excluding ortho intramolecular Hbond substituents is 1. The van der Waals surface area contributed by atoms with Crippen LogP contribution in [0.4, 0.5) is 5.69 Å². The third-order valence-corrected chi connectivity index (χ3v) is 2.93. The van der Waals surface area contributed by atoms with Crippen molar-refractivity contribution in [1.29, 1.82) is 0 Å². The minimum Gasteiger partial charge on any atom is -0.508 e. The average molecular weight is 272 g/mol. The molecule has 1 aromatic carbocycles. The molecule has 4 heteroatoms. The second kappa shape index (κ2) is 6.80. The topological polar surface area (TPSA) is 54.4 Å². The number of benzene rings is 1. The molecule has 0 saturated heterocycles. The molecule has 0 aliphatic rings. The molecule has 0 amide bonds. The fraction of sp³-hybridized carbons (Fsp3) is 0.312. The van der Waals surface area contributed by atoms with Gasteiger partial charge in [0.1, 0.15) is 5.75 Å². The second-order valence-electron chi connectivity index (χ2n) is 4.71. The third kappa shape index (κ3) is 3.88. The number of rotatable bonds is 6. The van der Waals surface area contributed by atoms with Crippen LogP contribution in [0, 0.1) is 0 Å². The number of aromatic nitrogens is 1. The van der Waals surface area contributed by atoms with Crippen LogP contribution in [-0.4, -0.2) is 22.7 Å². The van der Waals surface area contributed by atoms with E-state index in [4.69, 9.17) is 4.74 Å². The fourth-order valence-corrected chi connectivity index (χ4v) is 2.05. The van der Waals surface area contributed by atoms with Gasteiger partial charge in [0, 0.05) is 12.2 Å². The Kier molecular flexibility index (Phi) is 4.82. The van der Waals surface area contributed by atoms with Gasteiger partial charge in [-0.25, -0.2) is 4.98 Å². The van der Waals surface area contributed by atoms with Crippen LogP contribution in [-0.2, 0) is 6.42 Å². The number of hydrogen-bond donors (Lipinski definition) is 2. The Bertz CT molecular complexity index is 540. The van der Waals surface area contributed by atoms with Crippen LogP contribution in [0.3, 0.4) is 0 Å². The highest BCUT2D eigenvalue weighted by atomic mass is 16.5. The Morgan fingerprint density at radius 1 is 1.25 bits per heavy atom. The molecule has 0 aliphatic carbocycles. The summed E-state index contributed by atoms with van der Waals surface area (Å²) in [5.74, 6) is 0.924. The molecule has 1 unspecified atom stereocenters. The van der Waals surface area contributed by atoms with E-state index in [9.17, 15) is 5.11 Å². The number of ether oxygens (including phenoxy) is 1. The quantitative estimate of drug-likeness (QED) is 0.847. The number of anilines is 1. The van der Waals surface area contributed by atoms with Gasteiger partial charge < -0.3 is 15.2 Å². The standard InChI is InChI=1S/C16H20N2O2/c1-3-20-16-15(5-4-10-17-16)18-12(2)11-13-6-8-14(19)9-7-13/h4-10,12,18-19H,3,11H2,1-2H3. The summed E-state index contributed by atoms with van der Waals surface area (Å²) in [6.45, 7) is 4.64. The van der Waals surface area contributed by atoms with Crippen molar-refractivity contribution in [3.63, 3.8) is 0 Å². The van der Waals surface area contributed by atoms with Gasteiger partial charge in [0.15, 0.2) is 0 Å². The maximum atomic E-state index is 9.28. The molecule has 2 aromatic rings. The normalized spacial score (nSPS) is 11.9. The summed E-state index contributed by atoms with van der Waals surface area (Å²) in [7, 11) is 0. The van der Waals surface area contributed by atoms with Gasteiger partial charge >= 0.3 is 0 Å². The molecule has 1 heterocycles. The van der Waals surface area contributed by atoms with Crippen molar-refractivity contribution in [2.75, 3.05) is 11.9 Å². The molecule has 0 bridgehead atoms. The molecule has 0 aliphatic heterocycles. The Morgan fingerprint density at radius 3 is 2.70 bits per heavy atom. The van der Waals surface area contributed by atoms with Gasteiger partial charge in [-0.15, -0.1) is 0 Å². The molecule has 20 heavy (non-hydrogen) atoms. The van der Waals surface area contributed by atoms with Gasteiger partial charge in [-0.3, -0.25) is 0 Å². The molecule has 0 radical (unpaired) electrons. The van der Waals surface area contributed by atoms with Gasteiger partial charge in [-0.1, -0.05) is 12.1 Å². The molecule has 0 saturated carbocycles. The summed E-state index contributed by atoms with van der Waals surface area (Å²) in [5, 5.41) is 12.7. The molecule has 0 fully saturated rings. The van der Waals surface area contributed by atoms with E-state index in [2.05, 4.69) is 17.2 Å². The number of hydrogen-bond acceptors (Lipinski definition) is 4. The number of nitrogens with one attached hydrogen (secondary N) is 1. The predicted molar refractivity (Wildman–Crippen MR) is 80.3 cm³/mol. The number of pyridine rings is 1. The van der Waals surface area contributed by atoms with Crippen molar-refractivity contribution in [2.24, 2.45) is 0 Å². The zero-order valence-electron chi connectivity index (χ0n) is 11.8. The Hall–Kier alpha value is -2.23. The van der Waals surface area contributed by atoms with Crippen LogP contribution in [0.2, 0.25) is 0 Å². The first-order valence-electron chi connectivity index (χ1n) is 6.81. The van der Waals surface area contributed by atoms with Crippen LogP contribution in [0.1, 0.15) is 19.4 Å². The summed E-state index contributed by atoms with van der Waals surface area (Å²) in [6.07, 6.45) is 2.58. The van der Waals surface area contributed by atoms with Crippen molar-refractivity contribution in [3.05, 3.63) is 48.2 Å². The molecule has 1 aromatic heterocycles. The fourth-order valence-electron chi connectivity index (χ4n) is 2.05. The van der Waals surface area contributed by atoms with Gasteiger partial charge in [-0.2, -0.15) is 0 Å². The first-order valence-corrected chi connectivity index (χ1v) is 6.81. The van der Waals surface area contributed by atoms with Crippen molar-refractivity contribution < 1.29 is 9.84 Å². The number of aromatic hydroxyl groups is 1. The molecule has 0 spiro atoms. The molecule has 2 rings (SSSR count). The highest BCUT2D eigenvalue weighted by Crippen LogP contribution is 2.22. The summed E-state index contributed by atoms with van der Waals surface area (Å²) in [5.41, 5.74) is 2.07. The van der Waals surface area contributed by atoms with Crippen LogP contribution in [0.15, 0.2) is 42.6 Å². The van der Waals surface area contributed by atoms with E-state index in [0.29, 0.717) is 18.2 Å². The van der Waals surface area contributed by atoms with Crippen LogP contribution < -0.4 is 10.1 Å². The van der Waals surface area contributed by atoms with E-state index >= 15 is 0 Å². The van der Waals surface area contributed by atoms with Crippen LogP contribution in [0.5, 0.6) is 11.6 Å². The van der Waals surface area contributed by atoms with Crippen molar-refractivity contribution >= 4 is 5.69 Å². The lowest BCUT2D eigenvalue weighted by Gasteiger charge is -2.17. The molecular weight excluding hydrogens is 252 g/mol. The molecule has 2 N–H and O–H groups in total. The average Bonchev–Trinajstić information content (AvgIpc) is 2.44. The Labute approximate surface area is 119 Å². The monoisotopic (exact) mass is 272 g/mol. The van der Waals surface area contributed by atoms with E-state index in [1.54, 1.807) is 18.3 Å². The van der Waals surface area contributed by atoms with Gasteiger partial charge in [0.25, 0.3) is 0 Å². The van der Waals surface area contributed by atoms with Crippen molar-refractivity contribution in [1.82, 2.24) is 4.98 Å². The van der Waals surface area contributed by atoms with Crippen LogP contribution >= 0.6 is 0 Å². The van der Waals surface area contributed by atoms with Crippen molar-refractivity contribution in [3.8, 4) is 11.6 Å². The lowest BCUT2D eigenvalue weighted by atomic mass is 10.1. The number of nitrogens with zero attached hydrogens (tertiary/aromatic N) is 1. The summed E-state index contributed by atoms with van der Waals surface area (Å²) in [4.78, 5) is 4.22. The van der Waals surface area contributed by atoms with Crippen molar-refractivity contribution in [2.45, 2.75) is 26.3 Å².